The van der Waals surface area contributed by atoms with Crippen molar-refractivity contribution in [2.45, 2.75) is 0 Å². The molecule has 7 heteroatoms. The molecule has 3 rings (SSSR count). The molecule has 136 valence electrons. The molecule has 0 saturated heterocycles. The molecule has 0 spiro atoms. The second-order valence-corrected chi connectivity index (χ2v) is 5.68. The average molecular weight is 362 g/mol. The number of hydrogen-bond acceptors (Lipinski definition) is 6. The van der Waals surface area contributed by atoms with E-state index in [2.05, 4.69) is 20.0 Å². The summed E-state index contributed by atoms with van der Waals surface area (Å²) in [5.41, 5.74) is 2.11. The van der Waals surface area contributed by atoms with E-state index in [1.807, 2.05) is 42.3 Å². The van der Waals surface area contributed by atoms with Crippen molar-refractivity contribution in [3.63, 3.8) is 0 Å². The van der Waals surface area contributed by atoms with Gasteiger partial charge in [-0.3, -0.25) is 4.79 Å². The third-order valence-corrected chi connectivity index (χ3v) is 3.92. The first-order valence-electron chi connectivity index (χ1n) is 8.19. The van der Waals surface area contributed by atoms with Crippen LogP contribution in [0.2, 0.25) is 0 Å². The van der Waals surface area contributed by atoms with Crippen molar-refractivity contribution >= 4 is 29.1 Å². The van der Waals surface area contributed by atoms with E-state index in [0.29, 0.717) is 17.1 Å². The summed E-state index contributed by atoms with van der Waals surface area (Å²) in [6, 6.07) is 16.1. The van der Waals surface area contributed by atoms with Crippen LogP contribution in [-0.4, -0.2) is 36.0 Å². The lowest BCUT2D eigenvalue weighted by molar-refractivity contribution is 0.0600. The van der Waals surface area contributed by atoms with Gasteiger partial charge >= 0.3 is 5.97 Å². The highest BCUT2D eigenvalue weighted by Crippen LogP contribution is 2.20. The SMILES string of the molecule is COC(=O)c1ccc(NC(=O)c2cnc(N(C)c3ccccc3)cn2)cc1. The van der Waals surface area contributed by atoms with Crippen molar-refractivity contribution in [2.75, 3.05) is 24.4 Å². The van der Waals surface area contributed by atoms with Crippen molar-refractivity contribution in [1.82, 2.24) is 9.97 Å². The average Bonchev–Trinajstić information content (AvgIpc) is 2.74. The molecular weight excluding hydrogens is 344 g/mol. The van der Waals surface area contributed by atoms with E-state index in [9.17, 15) is 9.59 Å². The summed E-state index contributed by atoms with van der Waals surface area (Å²) in [6.07, 6.45) is 2.97. The molecule has 1 aromatic heterocycles. The van der Waals surface area contributed by atoms with Crippen molar-refractivity contribution in [3.8, 4) is 0 Å². The molecule has 0 radical (unpaired) electrons. The second-order valence-electron chi connectivity index (χ2n) is 5.68. The maximum Gasteiger partial charge on any atom is 0.337 e. The standard InChI is InChI=1S/C20H18N4O3/c1-24(16-6-4-3-5-7-16)18-13-21-17(12-22-18)19(25)23-15-10-8-14(9-11-15)20(26)27-2/h3-13H,1-2H3,(H,23,25). The highest BCUT2D eigenvalue weighted by atomic mass is 16.5. The number of ether oxygens (including phenoxy) is 1. The van der Waals surface area contributed by atoms with Crippen LogP contribution in [0.25, 0.3) is 0 Å². The van der Waals surface area contributed by atoms with Crippen LogP contribution in [0.15, 0.2) is 67.0 Å². The largest absolute Gasteiger partial charge is 0.465 e. The van der Waals surface area contributed by atoms with Crippen LogP contribution in [0.5, 0.6) is 0 Å². The van der Waals surface area contributed by atoms with Crippen LogP contribution in [0.4, 0.5) is 17.2 Å². The number of hydrogen-bond donors (Lipinski definition) is 1. The first-order chi connectivity index (χ1) is 13.1. The monoisotopic (exact) mass is 362 g/mol. The Balaban J connectivity index is 1.68. The second kappa shape index (κ2) is 8.09. The minimum atomic E-state index is -0.433. The van der Waals surface area contributed by atoms with Gasteiger partial charge in [0.05, 0.1) is 25.1 Å². The Hall–Kier alpha value is -3.74. The maximum absolute atomic E-state index is 12.3. The smallest absolute Gasteiger partial charge is 0.337 e. The number of amides is 1. The molecule has 0 unspecified atom stereocenters. The Morgan fingerprint density at radius 3 is 2.26 bits per heavy atom. The number of anilines is 3. The molecule has 3 aromatic rings. The Labute approximate surface area is 156 Å². The van der Waals surface area contributed by atoms with Gasteiger partial charge in [0.15, 0.2) is 5.82 Å². The minimum absolute atomic E-state index is 0.192. The van der Waals surface area contributed by atoms with E-state index in [1.165, 1.54) is 13.3 Å². The molecule has 2 aromatic carbocycles. The van der Waals surface area contributed by atoms with Gasteiger partial charge in [-0.2, -0.15) is 0 Å². The number of rotatable bonds is 5. The van der Waals surface area contributed by atoms with Crippen LogP contribution in [0, 0.1) is 0 Å². The number of carbonyl (C=O) groups is 2. The fourth-order valence-electron chi connectivity index (χ4n) is 2.40. The van der Waals surface area contributed by atoms with Gasteiger partial charge in [0, 0.05) is 18.4 Å². The molecular formula is C20H18N4O3. The zero-order valence-electron chi connectivity index (χ0n) is 14.9. The third-order valence-electron chi connectivity index (χ3n) is 3.92. The zero-order chi connectivity index (χ0) is 19.2. The van der Waals surface area contributed by atoms with E-state index in [1.54, 1.807) is 30.5 Å². The molecule has 1 amide bonds. The number of para-hydroxylation sites is 1. The van der Waals surface area contributed by atoms with E-state index in [0.717, 1.165) is 5.69 Å². The molecule has 1 N–H and O–H groups in total. The lowest BCUT2D eigenvalue weighted by Gasteiger charge is -2.17. The summed E-state index contributed by atoms with van der Waals surface area (Å²) < 4.78 is 4.64. The molecule has 0 bridgehead atoms. The third kappa shape index (κ3) is 4.27. The highest BCUT2D eigenvalue weighted by Gasteiger charge is 2.11. The summed E-state index contributed by atoms with van der Waals surface area (Å²) in [5, 5.41) is 2.72. The van der Waals surface area contributed by atoms with E-state index >= 15 is 0 Å². The quantitative estimate of drug-likeness (QED) is 0.701. The van der Waals surface area contributed by atoms with Crippen LogP contribution in [0.3, 0.4) is 0 Å². The molecule has 0 aliphatic carbocycles. The van der Waals surface area contributed by atoms with Gasteiger partial charge in [-0.15, -0.1) is 0 Å². The zero-order valence-corrected chi connectivity index (χ0v) is 14.9. The summed E-state index contributed by atoms with van der Waals surface area (Å²) in [6.45, 7) is 0. The Bertz CT molecular complexity index is 926. The predicted molar refractivity (Wildman–Crippen MR) is 102 cm³/mol. The number of esters is 1. The van der Waals surface area contributed by atoms with Crippen LogP contribution >= 0.6 is 0 Å². The lowest BCUT2D eigenvalue weighted by Crippen LogP contribution is -2.16. The van der Waals surface area contributed by atoms with Gasteiger partial charge in [-0.1, -0.05) is 18.2 Å². The topological polar surface area (TPSA) is 84.4 Å². The minimum Gasteiger partial charge on any atom is -0.465 e. The fourth-order valence-corrected chi connectivity index (χ4v) is 2.40. The Morgan fingerprint density at radius 1 is 0.963 bits per heavy atom. The summed E-state index contributed by atoms with van der Waals surface area (Å²) in [5.74, 6) is -0.195. The van der Waals surface area contributed by atoms with Gasteiger partial charge in [-0.05, 0) is 36.4 Å². The first kappa shape index (κ1) is 18.1. The van der Waals surface area contributed by atoms with Gasteiger partial charge in [0.1, 0.15) is 5.69 Å². The number of benzene rings is 2. The summed E-state index contributed by atoms with van der Waals surface area (Å²) in [7, 11) is 3.19. The normalized spacial score (nSPS) is 10.1. The van der Waals surface area contributed by atoms with Crippen LogP contribution < -0.4 is 10.2 Å². The lowest BCUT2D eigenvalue weighted by atomic mass is 10.2. The Morgan fingerprint density at radius 2 is 1.67 bits per heavy atom. The molecule has 27 heavy (non-hydrogen) atoms. The summed E-state index contributed by atoms with van der Waals surface area (Å²) in [4.78, 5) is 34.1. The maximum atomic E-state index is 12.3. The molecule has 0 saturated carbocycles. The van der Waals surface area contributed by atoms with Crippen LogP contribution in [0.1, 0.15) is 20.8 Å². The molecule has 0 fully saturated rings. The van der Waals surface area contributed by atoms with Gasteiger partial charge < -0.3 is 15.0 Å². The predicted octanol–water partition coefficient (Wildman–Crippen LogP) is 3.28. The molecule has 0 aliphatic rings. The van der Waals surface area contributed by atoms with Gasteiger partial charge in [-0.25, -0.2) is 14.8 Å². The molecule has 1 heterocycles. The first-order valence-corrected chi connectivity index (χ1v) is 8.19. The number of aromatic nitrogens is 2. The number of methoxy groups -OCH3 is 1. The van der Waals surface area contributed by atoms with Gasteiger partial charge in [0.2, 0.25) is 0 Å². The molecule has 0 aliphatic heterocycles. The Kier molecular flexibility index (Phi) is 5.41. The van der Waals surface area contributed by atoms with Crippen molar-refractivity contribution in [1.29, 1.82) is 0 Å². The van der Waals surface area contributed by atoms with Crippen molar-refractivity contribution < 1.29 is 14.3 Å². The van der Waals surface area contributed by atoms with Crippen molar-refractivity contribution in [3.05, 3.63) is 78.2 Å². The fraction of sp³-hybridized carbons (Fsp3) is 0.100. The number of carbonyl (C=O) groups excluding carboxylic acids is 2. The van der Waals surface area contributed by atoms with Crippen molar-refractivity contribution in [2.24, 2.45) is 0 Å². The molecule has 7 nitrogen and oxygen atoms in total. The van der Waals surface area contributed by atoms with E-state index in [4.69, 9.17) is 0 Å². The van der Waals surface area contributed by atoms with E-state index in [-0.39, 0.29) is 11.6 Å². The number of nitrogens with one attached hydrogen (secondary N) is 1. The van der Waals surface area contributed by atoms with Crippen LogP contribution in [-0.2, 0) is 4.74 Å². The highest BCUT2D eigenvalue weighted by molar-refractivity contribution is 6.03. The number of nitrogens with zero attached hydrogens (tertiary/aromatic N) is 3. The van der Waals surface area contributed by atoms with Gasteiger partial charge in [0.25, 0.3) is 5.91 Å². The summed E-state index contributed by atoms with van der Waals surface area (Å²) >= 11 is 0. The molecule has 0 atom stereocenters. The van der Waals surface area contributed by atoms with E-state index < -0.39 is 5.97 Å².